The molecule has 1 fully saturated rings. The highest BCUT2D eigenvalue weighted by molar-refractivity contribution is 6.30. The minimum atomic E-state index is 0.422. The van der Waals surface area contributed by atoms with Crippen LogP contribution in [0.5, 0.6) is 5.88 Å². The molecule has 5 nitrogen and oxygen atoms in total. The third-order valence-corrected chi connectivity index (χ3v) is 3.07. The average molecular weight is 239 g/mol. The summed E-state index contributed by atoms with van der Waals surface area (Å²) in [5, 5.41) is 4.50. The van der Waals surface area contributed by atoms with E-state index in [-0.39, 0.29) is 0 Å². The SMILES string of the molecule is Cc1c(Cl)nc2ncnn2c1OCC1CC1. The summed E-state index contributed by atoms with van der Waals surface area (Å²) in [6, 6.07) is 0. The van der Waals surface area contributed by atoms with E-state index < -0.39 is 0 Å². The molecule has 0 aromatic carbocycles. The standard InChI is InChI=1S/C10H11ClN4O/c1-6-8(11)14-10-12-5-13-15(10)9(6)16-4-7-2-3-7/h5,7H,2-4H2,1H3. The minimum Gasteiger partial charge on any atom is -0.477 e. The molecule has 1 aliphatic carbocycles. The van der Waals surface area contributed by atoms with Crippen molar-refractivity contribution < 1.29 is 4.74 Å². The fourth-order valence-corrected chi connectivity index (χ4v) is 1.68. The first-order valence-electron chi connectivity index (χ1n) is 5.24. The number of aromatic nitrogens is 4. The van der Waals surface area contributed by atoms with Gasteiger partial charge in [-0.25, -0.2) is 0 Å². The molecule has 2 aromatic heterocycles. The van der Waals surface area contributed by atoms with Gasteiger partial charge in [-0.15, -0.1) is 0 Å². The van der Waals surface area contributed by atoms with E-state index in [0.29, 0.717) is 22.7 Å². The molecule has 2 aromatic rings. The monoisotopic (exact) mass is 238 g/mol. The van der Waals surface area contributed by atoms with E-state index >= 15 is 0 Å². The molecule has 3 rings (SSSR count). The normalized spacial score (nSPS) is 15.6. The summed E-state index contributed by atoms with van der Waals surface area (Å²) in [6.45, 7) is 2.59. The van der Waals surface area contributed by atoms with E-state index in [9.17, 15) is 0 Å². The zero-order valence-corrected chi connectivity index (χ0v) is 9.61. The molecule has 0 unspecified atom stereocenters. The molecule has 0 aliphatic heterocycles. The number of hydrogen-bond donors (Lipinski definition) is 0. The highest BCUT2D eigenvalue weighted by atomic mass is 35.5. The van der Waals surface area contributed by atoms with Gasteiger partial charge in [0.15, 0.2) is 0 Å². The van der Waals surface area contributed by atoms with Crippen molar-refractivity contribution in [3.63, 3.8) is 0 Å². The number of hydrogen-bond acceptors (Lipinski definition) is 4. The van der Waals surface area contributed by atoms with Crippen LogP contribution in [0.3, 0.4) is 0 Å². The van der Waals surface area contributed by atoms with Crippen LogP contribution < -0.4 is 4.74 Å². The Morgan fingerprint density at radius 1 is 1.56 bits per heavy atom. The highest BCUT2D eigenvalue weighted by Gasteiger charge is 2.23. The van der Waals surface area contributed by atoms with Gasteiger partial charge in [-0.05, 0) is 25.7 Å². The van der Waals surface area contributed by atoms with Gasteiger partial charge in [0.2, 0.25) is 5.88 Å². The van der Waals surface area contributed by atoms with E-state index in [1.54, 1.807) is 4.52 Å². The third kappa shape index (κ3) is 1.61. The van der Waals surface area contributed by atoms with E-state index in [1.165, 1.54) is 19.2 Å². The quantitative estimate of drug-likeness (QED) is 0.766. The first-order chi connectivity index (χ1) is 7.75. The van der Waals surface area contributed by atoms with Gasteiger partial charge >= 0.3 is 0 Å². The van der Waals surface area contributed by atoms with E-state index in [2.05, 4.69) is 15.1 Å². The predicted octanol–water partition coefficient (Wildman–Crippen LogP) is 1.87. The molecule has 84 valence electrons. The van der Waals surface area contributed by atoms with Gasteiger partial charge < -0.3 is 4.74 Å². The van der Waals surface area contributed by atoms with E-state index in [0.717, 1.165) is 12.2 Å². The predicted molar refractivity (Wildman–Crippen MR) is 58.7 cm³/mol. The number of fused-ring (bicyclic) bond motifs is 1. The Kier molecular flexibility index (Phi) is 2.21. The molecule has 2 heterocycles. The summed E-state index contributed by atoms with van der Waals surface area (Å²) in [5.41, 5.74) is 0.806. The van der Waals surface area contributed by atoms with Gasteiger partial charge in [0, 0.05) is 5.56 Å². The lowest BCUT2D eigenvalue weighted by Gasteiger charge is -2.10. The zero-order chi connectivity index (χ0) is 11.1. The van der Waals surface area contributed by atoms with Gasteiger partial charge in [-0.1, -0.05) is 11.6 Å². The maximum Gasteiger partial charge on any atom is 0.256 e. The van der Waals surface area contributed by atoms with Crippen molar-refractivity contribution in [2.45, 2.75) is 19.8 Å². The molecular weight excluding hydrogens is 228 g/mol. The molecule has 0 spiro atoms. The van der Waals surface area contributed by atoms with Gasteiger partial charge in [0.1, 0.15) is 11.5 Å². The molecule has 0 atom stereocenters. The number of rotatable bonds is 3. The van der Waals surface area contributed by atoms with Crippen LogP contribution in [0.1, 0.15) is 18.4 Å². The largest absolute Gasteiger partial charge is 0.477 e. The summed E-state index contributed by atoms with van der Waals surface area (Å²) < 4.78 is 7.34. The molecule has 1 aliphatic rings. The molecule has 1 saturated carbocycles. The Hall–Kier alpha value is -1.36. The second-order valence-corrected chi connectivity index (χ2v) is 4.42. The lowest BCUT2D eigenvalue weighted by molar-refractivity contribution is 0.278. The first kappa shape index (κ1) is 9.84. The Bertz CT molecular complexity index is 535. The lowest BCUT2D eigenvalue weighted by Crippen LogP contribution is -2.07. The second kappa shape index (κ2) is 3.59. The Morgan fingerprint density at radius 2 is 2.38 bits per heavy atom. The maximum atomic E-state index is 6.01. The van der Waals surface area contributed by atoms with Crippen molar-refractivity contribution in [2.75, 3.05) is 6.61 Å². The van der Waals surface area contributed by atoms with Crippen LogP contribution in [-0.2, 0) is 0 Å². The third-order valence-electron chi connectivity index (χ3n) is 2.70. The number of nitrogens with zero attached hydrogens (tertiary/aromatic N) is 4. The summed E-state index contributed by atoms with van der Waals surface area (Å²) in [6.07, 6.45) is 3.94. The van der Waals surface area contributed by atoms with Crippen molar-refractivity contribution in [1.82, 2.24) is 19.6 Å². The smallest absolute Gasteiger partial charge is 0.256 e. The summed E-state index contributed by atoms with van der Waals surface area (Å²) in [4.78, 5) is 8.11. The molecule has 0 amide bonds. The van der Waals surface area contributed by atoms with Crippen LogP contribution in [0, 0.1) is 12.8 Å². The fourth-order valence-electron chi connectivity index (χ4n) is 1.52. The van der Waals surface area contributed by atoms with Crippen molar-refractivity contribution in [1.29, 1.82) is 0 Å². The van der Waals surface area contributed by atoms with Crippen molar-refractivity contribution in [3.05, 3.63) is 17.0 Å². The van der Waals surface area contributed by atoms with Crippen molar-refractivity contribution in [3.8, 4) is 5.88 Å². The minimum absolute atomic E-state index is 0.422. The summed E-state index contributed by atoms with van der Waals surface area (Å²) >= 11 is 6.01. The van der Waals surface area contributed by atoms with Crippen molar-refractivity contribution >= 4 is 17.4 Å². The molecule has 16 heavy (non-hydrogen) atoms. The summed E-state index contributed by atoms with van der Waals surface area (Å²) in [5.74, 6) is 1.81. The number of halogens is 1. The summed E-state index contributed by atoms with van der Waals surface area (Å²) in [7, 11) is 0. The Balaban J connectivity index is 2.03. The van der Waals surface area contributed by atoms with Gasteiger partial charge in [0.05, 0.1) is 6.61 Å². The molecule has 0 radical (unpaired) electrons. The van der Waals surface area contributed by atoms with Crippen LogP contribution in [0.25, 0.3) is 5.78 Å². The highest BCUT2D eigenvalue weighted by Crippen LogP contribution is 2.31. The van der Waals surface area contributed by atoms with E-state index in [4.69, 9.17) is 16.3 Å². The first-order valence-corrected chi connectivity index (χ1v) is 5.62. The van der Waals surface area contributed by atoms with Crippen LogP contribution in [0.15, 0.2) is 6.33 Å². The van der Waals surface area contributed by atoms with Gasteiger partial charge in [-0.3, -0.25) is 0 Å². The molecule has 0 N–H and O–H groups in total. The molecule has 0 saturated heterocycles. The van der Waals surface area contributed by atoms with Crippen LogP contribution in [0.2, 0.25) is 5.15 Å². The van der Waals surface area contributed by atoms with Crippen LogP contribution in [0.4, 0.5) is 0 Å². The molecule has 0 bridgehead atoms. The lowest BCUT2D eigenvalue weighted by atomic mass is 10.3. The fraction of sp³-hybridized carbons (Fsp3) is 0.500. The maximum absolute atomic E-state index is 6.01. The Morgan fingerprint density at radius 3 is 3.12 bits per heavy atom. The average Bonchev–Trinajstić information content (AvgIpc) is 2.98. The molecule has 6 heteroatoms. The zero-order valence-electron chi connectivity index (χ0n) is 8.85. The van der Waals surface area contributed by atoms with Gasteiger partial charge in [0.25, 0.3) is 5.78 Å². The number of ether oxygens (including phenoxy) is 1. The second-order valence-electron chi connectivity index (χ2n) is 4.06. The van der Waals surface area contributed by atoms with Crippen molar-refractivity contribution in [2.24, 2.45) is 5.92 Å². The van der Waals surface area contributed by atoms with Gasteiger partial charge in [-0.2, -0.15) is 19.6 Å². The Labute approximate surface area is 97.4 Å². The van der Waals surface area contributed by atoms with E-state index in [1.807, 2.05) is 6.92 Å². The topological polar surface area (TPSA) is 52.3 Å². The van der Waals surface area contributed by atoms with Crippen LogP contribution in [-0.4, -0.2) is 26.2 Å². The molecular formula is C10H11ClN4O. The van der Waals surface area contributed by atoms with Crippen LogP contribution >= 0.6 is 11.6 Å².